The van der Waals surface area contributed by atoms with E-state index in [2.05, 4.69) is 16.7 Å². The Morgan fingerprint density at radius 1 is 1.55 bits per heavy atom. The van der Waals surface area contributed by atoms with E-state index in [0.717, 1.165) is 25.0 Å². The topological polar surface area (TPSA) is 74.2 Å². The molecule has 0 bridgehead atoms. The summed E-state index contributed by atoms with van der Waals surface area (Å²) in [6.45, 7) is 3.81. The minimum Gasteiger partial charge on any atom is -0.386 e. The summed E-state index contributed by atoms with van der Waals surface area (Å²) in [6.07, 6.45) is 3.52. The zero-order valence-corrected chi connectivity index (χ0v) is 12.8. The number of ether oxygens (including phenoxy) is 1. The van der Waals surface area contributed by atoms with Gasteiger partial charge in [0.2, 0.25) is 0 Å². The Hall–Kier alpha value is -2.32. The highest BCUT2D eigenvalue weighted by molar-refractivity contribution is 5.97. The van der Waals surface area contributed by atoms with E-state index in [0.29, 0.717) is 13.1 Å². The van der Waals surface area contributed by atoms with E-state index in [1.165, 1.54) is 11.8 Å². The van der Waals surface area contributed by atoms with Crippen LogP contribution >= 0.6 is 0 Å². The second kappa shape index (κ2) is 8.20. The van der Waals surface area contributed by atoms with Crippen molar-refractivity contribution < 1.29 is 9.53 Å². The quantitative estimate of drug-likeness (QED) is 0.620. The molecule has 1 aliphatic rings. The van der Waals surface area contributed by atoms with Crippen LogP contribution in [0, 0.1) is 18.3 Å². The Kier molecular flexibility index (Phi) is 5.99. The first-order valence-corrected chi connectivity index (χ1v) is 7.48. The summed E-state index contributed by atoms with van der Waals surface area (Å²) in [6, 6.07) is 9.99. The molecule has 2 rings (SSSR count). The fourth-order valence-corrected chi connectivity index (χ4v) is 2.35. The van der Waals surface area contributed by atoms with E-state index < -0.39 is 0 Å². The van der Waals surface area contributed by atoms with Gasteiger partial charge in [0.15, 0.2) is 0 Å². The van der Waals surface area contributed by atoms with Crippen LogP contribution in [0.2, 0.25) is 0 Å². The first-order valence-electron chi connectivity index (χ1n) is 7.48. The molecule has 1 atom stereocenters. The van der Waals surface area contributed by atoms with Crippen LogP contribution in [0.25, 0.3) is 0 Å². The molecular formula is C17H21N3O2. The summed E-state index contributed by atoms with van der Waals surface area (Å²) in [5, 5.41) is 14.8. The predicted molar refractivity (Wildman–Crippen MR) is 83.7 cm³/mol. The van der Waals surface area contributed by atoms with Crippen LogP contribution in [0.15, 0.2) is 36.0 Å². The Morgan fingerprint density at radius 3 is 3.09 bits per heavy atom. The van der Waals surface area contributed by atoms with Crippen molar-refractivity contribution >= 4 is 5.91 Å². The summed E-state index contributed by atoms with van der Waals surface area (Å²) in [5.41, 5.74) is 2.36. The van der Waals surface area contributed by atoms with Crippen LogP contribution < -0.4 is 10.6 Å². The molecule has 0 radical (unpaired) electrons. The molecular weight excluding hydrogens is 278 g/mol. The lowest BCUT2D eigenvalue weighted by Gasteiger charge is -2.10. The van der Waals surface area contributed by atoms with Gasteiger partial charge in [-0.05, 0) is 25.3 Å². The molecule has 5 nitrogen and oxygen atoms in total. The van der Waals surface area contributed by atoms with Crippen LogP contribution in [0.3, 0.4) is 0 Å². The number of benzene rings is 1. The maximum atomic E-state index is 11.9. The zero-order valence-electron chi connectivity index (χ0n) is 12.8. The molecule has 1 fully saturated rings. The number of rotatable bonds is 6. The molecule has 1 saturated heterocycles. The molecule has 0 spiro atoms. The maximum absolute atomic E-state index is 11.9. The minimum atomic E-state index is -0.366. The minimum absolute atomic E-state index is 0.0733. The van der Waals surface area contributed by atoms with Crippen molar-refractivity contribution in [2.45, 2.75) is 32.4 Å². The van der Waals surface area contributed by atoms with Gasteiger partial charge in [-0.3, -0.25) is 4.79 Å². The lowest BCUT2D eigenvalue weighted by molar-refractivity contribution is -0.117. The first-order chi connectivity index (χ1) is 10.7. The second-order valence-electron chi connectivity index (χ2n) is 5.38. The Labute approximate surface area is 131 Å². The molecule has 1 unspecified atom stereocenters. The molecule has 22 heavy (non-hydrogen) atoms. The van der Waals surface area contributed by atoms with Gasteiger partial charge in [0.1, 0.15) is 11.6 Å². The summed E-state index contributed by atoms with van der Waals surface area (Å²) in [7, 11) is 0. The summed E-state index contributed by atoms with van der Waals surface area (Å²) < 4.78 is 5.43. The monoisotopic (exact) mass is 299 g/mol. The van der Waals surface area contributed by atoms with Crippen molar-refractivity contribution in [3.8, 4) is 6.07 Å². The standard InChI is InChI=1S/C17H21N3O2/c1-13-4-2-5-14(8-13)10-19-11-15(9-18)17(21)20-12-16-6-3-7-22-16/h2,4-5,8,11,16,19H,3,6-7,10,12H2,1H3,(H,20,21)/b15-11-. The van der Waals surface area contributed by atoms with Crippen LogP contribution in [-0.4, -0.2) is 25.2 Å². The van der Waals surface area contributed by atoms with Gasteiger partial charge in [0.25, 0.3) is 5.91 Å². The van der Waals surface area contributed by atoms with E-state index in [4.69, 9.17) is 10.00 Å². The number of aryl methyl sites for hydroxylation is 1. The van der Waals surface area contributed by atoms with Crippen molar-refractivity contribution in [3.05, 3.63) is 47.2 Å². The van der Waals surface area contributed by atoms with Gasteiger partial charge in [0, 0.05) is 25.9 Å². The number of carbonyl (C=O) groups excluding carboxylic acids is 1. The molecule has 1 aromatic carbocycles. The third kappa shape index (κ3) is 4.90. The average Bonchev–Trinajstić information content (AvgIpc) is 3.03. The zero-order chi connectivity index (χ0) is 15.8. The number of amides is 1. The molecule has 1 aliphatic heterocycles. The molecule has 1 heterocycles. The highest BCUT2D eigenvalue weighted by atomic mass is 16.5. The lowest BCUT2D eigenvalue weighted by Crippen LogP contribution is -2.32. The number of nitrogens with one attached hydrogen (secondary N) is 2. The van der Waals surface area contributed by atoms with Gasteiger partial charge in [0.05, 0.1) is 6.10 Å². The van der Waals surface area contributed by atoms with Crippen molar-refractivity contribution in [2.24, 2.45) is 0 Å². The highest BCUT2D eigenvalue weighted by Gasteiger charge is 2.17. The fraction of sp³-hybridized carbons (Fsp3) is 0.412. The number of hydrogen-bond acceptors (Lipinski definition) is 4. The predicted octanol–water partition coefficient (Wildman–Crippen LogP) is 1.79. The van der Waals surface area contributed by atoms with Gasteiger partial charge < -0.3 is 15.4 Å². The van der Waals surface area contributed by atoms with E-state index in [1.807, 2.05) is 31.2 Å². The van der Waals surface area contributed by atoms with Crippen molar-refractivity contribution in [3.63, 3.8) is 0 Å². The second-order valence-corrected chi connectivity index (χ2v) is 5.38. The van der Waals surface area contributed by atoms with Crippen molar-refractivity contribution in [2.75, 3.05) is 13.2 Å². The van der Waals surface area contributed by atoms with Crippen molar-refractivity contribution in [1.29, 1.82) is 5.26 Å². The molecule has 2 N–H and O–H groups in total. The molecule has 1 amide bonds. The number of nitrogens with zero attached hydrogens (tertiary/aromatic N) is 1. The Bertz CT molecular complexity index is 584. The van der Waals surface area contributed by atoms with E-state index >= 15 is 0 Å². The molecule has 0 aliphatic carbocycles. The van der Waals surface area contributed by atoms with Crippen LogP contribution in [0.1, 0.15) is 24.0 Å². The molecule has 1 aromatic rings. The highest BCUT2D eigenvalue weighted by Crippen LogP contribution is 2.10. The van der Waals surface area contributed by atoms with E-state index in [9.17, 15) is 4.79 Å². The smallest absolute Gasteiger partial charge is 0.263 e. The third-order valence-corrected chi connectivity index (χ3v) is 3.51. The third-order valence-electron chi connectivity index (χ3n) is 3.51. The Morgan fingerprint density at radius 2 is 2.41 bits per heavy atom. The van der Waals surface area contributed by atoms with E-state index in [1.54, 1.807) is 0 Å². The normalized spacial score (nSPS) is 17.8. The van der Waals surface area contributed by atoms with Gasteiger partial charge in [-0.2, -0.15) is 5.26 Å². The summed E-state index contributed by atoms with van der Waals surface area (Å²) in [5.74, 6) is -0.366. The van der Waals surface area contributed by atoms with Gasteiger partial charge in [-0.15, -0.1) is 0 Å². The number of nitriles is 1. The summed E-state index contributed by atoms with van der Waals surface area (Å²) in [4.78, 5) is 11.9. The first kappa shape index (κ1) is 16.1. The molecule has 0 saturated carbocycles. The molecule has 0 aromatic heterocycles. The molecule has 5 heteroatoms. The largest absolute Gasteiger partial charge is 0.386 e. The van der Waals surface area contributed by atoms with Crippen LogP contribution in [-0.2, 0) is 16.1 Å². The average molecular weight is 299 g/mol. The van der Waals surface area contributed by atoms with Gasteiger partial charge >= 0.3 is 0 Å². The van der Waals surface area contributed by atoms with Crippen LogP contribution in [0.4, 0.5) is 0 Å². The summed E-state index contributed by atoms with van der Waals surface area (Å²) >= 11 is 0. The SMILES string of the molecule is Cc1cccc(CN/C=C(/C#N)C(=O)NCC2CCCO2)c1. The van der Waals surface area contributed by atoms with E-state index in [-0.39, 0.29) is 17.6 Å². The fourth-order valence-electron chi connectivity index (χ4n) is 2.35. The van der Waals surface area contributed by atoms with Gasteiger partial charge in [-0.1, -0.05) is 29.8 Å². The maximum Gasteiger partial charge on any atom is 0.263 e. The lowest BCUT2D eigenvalue weighted by atomic mass is 10.1. The number of carbonyl (C=O) groups is 1. The Balaban J connectivity index is 1.81. The van der Waals surface area contributed by atoms with Crippen molar-refractivity contribution in [1.82, 2.24) is 10.6 Å². The van der Waals surface area contributed by atoms with Gasteiger partial charge in [-0.25, -0.2) is 0 Å². The number of hydrogen-bond donors (Lipinski definition) is 2. The van der Waals surface area contributed by atoms with Crippen LogP contribution in [0.5, 0.6) is 0 Å². The molecule has 116 valence electrons.